The number of nitrogens with one attached hydrogen (secondary N) is 1. The second-order valence-electron chi connectivity index (χ2n) is 4.41. The highest BCUT2D eigenvalue weighted by molar-refractivity contribution is 6.03. The van der Waals surface area contributed by atoms with Crippen molar-refractivity contribution in [3.63, 3.8) is 0 Å². The smallest absolute Gasteiger partial charge is 0.252 e. The highest BCUT2D eigenvalue weighted by atomic mass is 16.3. The molecule has 0 bridgehead atoms. The van der Waals surface area contributed by atoms with E-state index < -0.39 is 5.91 Å². The molecule has 0 saturated carbocycles. The summed E-state index contributed by atoms with van der Waals surface area (Å²) in [6.07, 6.45) is 2.83. The van der Waals surface area contributed by atoms with E-state index in [1.807, 2.05) is 30.3 Å². The number of carbonyl (C=O) groups excluding carboxylic acids is 1. The van der Waals surface area contributed by atoms with Gasteiger partial charge in [0, 0.05) is 5.69 Å². The van der Waals surface area contributed by atoms with Gasteiger partial charge in [-0.15, -0.1) is 4.91 Å². The summed E-state index contributed by atoms with van der Waals surface area (Å²) in [4.78, 5) is 22.2. The molecular weight excluding hydrogens is 270 g/mol. The van der Waals surface area contributed by atoms with Crippen molar-refractivity contribution in [2.45, 2.75) is 0 Å². The highest BCUT2D eigenvalue weighted by Gasteiger charge is 2.15. The molecule has 7 heteroatoms. The van der Waals surface area contributed by atoms with Crippen LogP contribution in [0.5, 0.6) is 0 Å². The first kappa shape index (κ1) is 12.8. The third-order valence-corrected chi connectivity index (χ3v) is 3.04. The van der Waals surface area contributed by atoms with Crippen LogP contribution in [0.1, 0.15) is 10.4 Å². The summed E-state index contributed by atoms with van der Waals surface area (Å²) in [7, 11) is 0. The van der Waals surface area contributed by atoms with Gasteiger partial charge in [-0.05, 0) is 23.4 Å². The Balaban J connectivity index is 2.20. The number of para-hydroxylation sites is 1. The van der Waals surface area contributed by atoms with E-state index in [0.717, 1.165) is 5.69 Å². The lowest BCUT2D eigenvalue weighted by atomic mass is 10.2. The largest absolute Gasteiger partial charge is 0.365 e. The van der Waals surface area contributed by atoms with E-state index in [-0.39, 0.29) is 11.3 Å². The van der Waals surface area contributed by atoms with Crippen LogP contribution in [0.4, 0.5) is 17.1 Å². The number of nitrogens with two attached hydrogens (primary N) is 1. The number of hydrogen-bond donors (Lipinski definition) is 2. The van der Waals surface area contributed by atoms with Crippen LogP contribution < -0.4 is 11.1 Å². The van der Waals surface area contributed by atoms with Gasteiger partial charge in [-0.1, -0.05) is 18.2 Å². The molecule has 3 N–H and O–H groups in total. The summed E-state index contributed by atoms with van der Waals surface area (Å²) in [6.45, 7) is 0. The molecule has 2 heterocycles. The topological polar surface area (TPSA) is 102 Å². The van der Waals surface area contributed by atoms with Crippen LogP contribution in [-0.2, 0) is 0 Å². The SMILES string of the molecule is NC(=O)c1cnn2cc(N=O)cc2c1Nc1ccccc1. The van der Waals surface area contributed by atoms with E-state index in [9.17, 15) is 9.70 Å². The van der Waals surface area contributed by atoms with Crippen molar-refractivity contribution in [3.8, 4) is 0 Å². The first-order valence-corrected chi connectivity index (χ1v) is 6.15. The Morgan fingerprint density at radius 1 is 1.29 bits per heavy atom. The minimum absolute atomic E-state index is 0.222. The van der Waals surface area contributed by atoms with Gasteiger partial charge in [-0.2, -0.15) is 5.10 Å². The number of amides is 1. The maximum Gasteiger partial charge on any atom is 0.252 e. The van der Waals surface area contributed by atoms with E-state index >= 15 is 0 Å². The van der Waals surface area contributed by atoms with E-state index in [0.29, 0.717) is 11.2 Å². The Morgan fingerprint density at radius 2 is 2.05 bits per heavy atom. The van der Waals surface area contributed by atoms with Gasteiger partial charge in [0.05, 0.1) is 29.2 Å². The lowest BCUT2D eigenvalue weighted by molar-refractivity contribution is 0.100. The van der Waals surface area contributed by atoms with Crippen molar-refractivity contribution in [2.24, 2.45) is 10.9 Å². The maximum absolute atomic E-state index is 11.6. The molecule has 1 aromatic carbocycles. The van der Waals surface area contributed by atoms with Crippen molar-refractivity contribution >= 4 is 28.5 Å². The fourth-order valence-electron chi connectivity index (χ4n) is 2.08. The standard InChI is InChI=1S/C14H11N5O2/c15-14(20)11-7-16-19-8-10(18-21)6-12(19)13(11)17-9-4-2-1-3-5-9/h1-8,17H,(H2,15,20). The molecule has 3 rings (SSSR count). The van der Waals surface area contributed by atoms with E-state index in [1.165, 1.54) is 23.0 Å². The number of benzene rings is 1. The van der Waals surface area contributed by atoms with Crippen LogP contribution in [0.25, 0.3) is 5.52 Å². The molecule has 3 aromatic rings. The summed E-state index contributed by atoms with van der Waals surface area (Å²) in [5.41, 5.74) is 7.66. The van der Waals surface area contributed by atoms with Crippen molar-refractivity contribution < 1.29 is 4.79 Å². The number of rotatable bonds is 4. The first-order valence-electron chi connectivity index (χ1n) is 6.15. The predicted octanol–water partition coefficient (Wildman–Crippen LogP) is 2.57. The van der Waals surface area contributed by atoms with Crippen LogP contribution >= 0.6 is 0 Å². The fourth-order valence-corrected chi connectivity index (χ4v) is 2.08. The molecule has 0 aliphatic heterocycles. The second-order valence-corrected chi connectivity index (χ2v) is 4.41. The average Bonchev–Trinajstić information content (AvgIpc) is 2.92. The Kier molecular flexibility index (Phi) is 3.07. The van der Waals surface area contributed by atoms with Crippen molar-refractivity contribution in [1.82, 2.24) is 9.61 Å². The number of anilines is 2. The molecule has 0 radical (unpaired) electrons. The van der Waals surface area contributed by atoms with Crippen LogP contribution in [0.3, 0.4) is 0 Å². The number of carbonyl (C=O) groups is 1. The Bertz CT molecular complexity index is 826. The second kappa shape index (κ2) is 5.04. The molecular formula is C14H11N5O2. The van der Waals surface area contributed by atoms with Crippen LogP contribution in [-0.4, -0.2) is 15.5 Å². The van der Waals surface area contributed by atoms with Gasteiger partial charge in [-0.25, -0.2) is 4.52 Å². The Hall–Kier alpha value is -3.22. The number of nitroso groups, excluding NO2 is 1. The van der Waals surface area contributed by atoms with Crippen LogP contribution in [0.2, 0.25) is 0 Å². The van der Waals surface area contributed by atoms with Crippen LogP contribution in [0.15, 0.2) is 54.0 Å². The maximum atomic E-state index is 11.6. The van der Waals surface area contributed by atoms with Gasteiger partial charge < -0.3 is 11.1 Å². The van der Waals surface area contributed by atoms with E-state index in [2.05, 4.69) is 15.6 Å². The van der Waals surface area contributed by atoms with Gasteiger partial charge in [0.25, 0.3) is 5.91 Å². The van der Waals surface area contributed by atoms with Crippen LogP contribution in [0, 0.1) is 4.91 Å². The zero-order valence-corrected chi connectivity index (χ0v) is 10.9. The summed E-state index contributed by atoms with van der Waals surface area (Å²) in [5, 5.41) is 10.1. The van der Waals surface area contributed by atoms with Crippen molar-refractivity contribution in [3.05, 3.63) is 59.3 Å². The van der Waals surface area contributed by atoms with Gasteiger partial charge in [0.15, 0.2) is 0 Å². The molecule has 0 atom stereocenters. The molecule has 1 amide bonds. The molecule has 7 nitrogen and oxygen atoms in total. The average molecular weight is 281 g/mol. The van der Waals surface area contributed by atoms with E-state index in [4.69, 9.17) is 5.73 Å². The molecule has 0 spiro atoms. The number of hydrogen-bond acceptors (Lipinski definition) is 5. The molecule has 0 unspecified atom stereocenters. The third kappa shape index (κ3) is 2.32. The molecule has 0 aliphatic rings. The normalized spacial score (nSPS) is 10.5. The minimum Gasteiger partial charge on any atom is -0.365 e. The summed E-state index contributed by atoms with van der Waals surface area (Å²) in [5.74, 6) is -0.606. The number of primary amides is 1. The fraction of sp³-hybridized carbons (Fsp3) is 0. The number of nitrogens with zero attached hydrogens (tertiary/aromatic N) is 3. The molecule has 2 aromatic heterocycles. The van der Waals surface area contributed by atoms with Gasteiger partial charge in [0.1, 0.15) is 5.69 Å². The zero-order valence-electron chi connectivity index (χ0n) is 10.9. The van der Waals surface area contributed by atoms with Gasteiger partial charge in [-0.3, -0.25) is 4.79 Å². The van der Waals surface area contributed by atoms with Crippen molar-refractivity contribution in [1.29, 1.82) is 0 Å². The summed E-state index contributed by atoms with van der Waals surface area (Å²) >= 11 is 0. The number of aromatic nitrogens is 2. The highest BCUT2D eigenvalue weighted by Crippen LogP contribution is 2.29. The Labute approximate surface area is 119 Å². The van der Waals surface area contributed by atoms with E-state index in [1.54, 1.807) is 0 Å². The monoisotopic (exact) mass is 281 g/mol. The molecule has 0 aliphatic carbocycles. The van der Waals surface area contributed by atoms with Gasteiger partial charge in [0.2, 0.25) is 0 Å². The Morgan fingerprint density at radius 3 is 2.71 bits per heavy atom. The number of fused-ring (bicyclic) bond motifs is 1. The summed E-state index contributed by atoms with van der Waals surface area (Å²) < 4.78 is 1.47. The van der Waals surface area contributed by atoms with Gasteiger partial charge >= 0.3 is 0 Å². The quantitative estimate of drug-likeness (QED) is 0.717. The summed E-state index contributed by atoms with van der Waals surface area (Å²) in [6, 6.07) is 10.8. The molecule has 104 valence electrons. The molecule has 0 saturated heterocycles. The lowest BCUT2D eigenvalue weighted by Gasteiger charge is -2.11. The molecule has 21 heavy (non-hydrogen) atoms. The zero-order chi connectivity index (χ0) is 14.8. The predicted molar refractivity (Wildman–Crippen MR) is 78.9 cm³/mol. The van der Waals surface area contributed by atoms with Crippen molar-refractivity contribution in [2.75, 3.05) is 5.32 Å². The lowest BCUT2D eigenvalue weighted by Crippen LogP contribution is -2.15. The third-order valence-electron chi connectivity index (χ3n) is 3.04. The first-order chi connectivity index (χ1) is 10.2. The minimum atomic E-state index is -0.606. The molecule has 0 fully saturated rings.